The van der Waals surface area contributed by atoms with Gasteiger partial charge in [0.25, 0.3) is 0 Å². The highest BCUT2D eigenvalue weighted by Gasteiger charge is 2.26. The van der Waals surface area contributed by atoms with Gasteiger partial charge in [-0.2, -0.15) is 0 Å². The van der Waals surface area contributed by atoms with Crippen molar-refractivity contribution < 1.29 is 9.53 Å². The largest absolute Gasteiger partial charge is 0.383 e. The van der Waals surface area contributed by atoms with Gasteiger partial charge in [0.15, 0.2) is 11.5 Å². The second-order valence-electron chi connectivity index (χ2n) is 5.34. The number of anilines is 1. The Bertz CT molecular complexity index is 635. The summed E-state index contributed by atoms with van der Waals surface area (Å²) in [5.41, 5.74) is 1.52. The van der Waals surface area contributed by atoms with E-state index >= 15 is 0 Å². The fourth-order valence-electron chi connectivity index (χ4n) is 2.77. The van der Waals surface area contributed by atoms with E-state index in [1.165, 1.54) is 6.33 Å². The molecule has 1 fully saturated rings. The SMILES string of the molecule is COCCNC(=O)C1CCN(c2ncnc3nc[nH]c23)CC1. The van der Waals surface area contributed by atoms with Gasteiger partial charge in [0.05, 0.1) is 12.9 Å². The first kappa shape index (κ1) is 14.7. The number of piperidine rings is 1. The van der Waals surface area contributed by atoms with Crippen molar-refractivity contribution in [2.75, 3.05) is 38.3 Å². The Morgan fingerprint density at radius 3 is 3.00 bits per heavy atom. The molecular formula is C14H20N6O2. The summed E-state index contributed by atoms with van der Waals surface area (Å²) in [5, 5.41) is 2.91. The Morgan fingerprint density at radius 1 is 1.41 bits per heavy atom. The third-order valence-corrected chi connectivity index (χ3v) is 3.97. The number of nitrogens with zero attached hydrogens (tertiary/aromatic N) is 4. The van der Waals surface area contributed by atoms with Crippen LogP contribution >= 0.6 is 0 Å². The Balaban J connectivity index is 1.60. The summed E-state index contributed by atoms with van der Waals surface area (Å²) >= 11 is 0. The van der Waals surface area contributed by atoms with Crippen molar-refractivity contribution in [1.29, 1.82) is 0 Å². The zero-order valence-electron chi connectivity index (χ0n) is 12.6. The summed E-state index contributed by atoms with van der Waals surface area (Å²) in [6.45, 7) is 2.71. The molecule has 8 heteroatoms. The van der Waals surface area contributed by atoms with Crippen molar-refractivity contribution in [2.24, 2.45) is 5.92 Å². The molecule has 0 unspecified atom stereocenters. The molecule has 3 heterocycles. The van der Waals surface area contributed by atoms with Gasteiger partial charge < -0.3 is 19.9 Å². The standard InChI is InChI=1S/C14H20N6O2/c1-22-7-4-15-14(21)10-2-5-20(6-3-10)13-11-12(17-8-16-11)18-9-19-13/h8-10H,2-7H2,1H3,(H,15,21)(H,16,17,18,19). The minimum absolute atomic E-state index is 0.0622. The number of imidazole rings is 1. The third kappa shape index (κ3) is 3.01. The zero-order valence-corrected chi connectivity index (χ0v) is 12.6. The molecule has 0 spiro atoms. The van der Waals surface area contributed by atoms with Gasteiger partial charge in [0.1, 0.15) is 11.8 Å². The summed E-state index contributed by atoms with van der Waals surface area (Å²) in [4.78, 5) is 30.0. The number of aromatic amines is 1. The average molecular weight is 304 g/mol. The Hall–Kier alpha value is -2.22. The average Bonchev–Trinajstić information content (AvgIpc) is 3.04. The molecule has 2 N–H and O–H groups in total. The zero-order chi connectivity index (χ0) is 15.4. The number of fused-ring (bicyclic) bond motifs is 1. The van der Waals surface area contributed by atoms with Gasteiger partial charge in [0, 0.05) is 32.7 Å². The van der Waals surface area contributed by atoms with E-state index < -0.39 is 0 Å². The van der Waals surface area contributed by atoms with E-state index in [-0.39, 0.29) is 11.8 Å². The van der Waals surface area contributed by atoms with E-state index in [4.69, 9.17) is 4.74 Å². The van der Waals surface area contributed by atoms with E-state index in [1.54, 1.807) is 13.4 Å². The molecule has 0 atom stereocenters. The monoisotopic (exact) mass is 304 g/mol. The van der Waals surface area contributed by atoms with Crippen LogP contribution in [0.15, 0.2) is 12.7 Å². The van der Waals surface area contributed by atoms with E-state index in [0.717, 1.165) is 37.3 Å². The van der Waals surface area contributed by atoms with Crippen molar-refractivity contribution in [2.45, 2.75) is 12.8 Å². The lowest BCUT2D eigenvalue weighted by Crippen LogP contribution is -2.41. The molecule has 1 aliphatic rings. The number of nitrogens with one attached hydrogen (secondary N) is 2. The number of methoxy groups -OCH3 is 1. The smallest absolute Gasteiger partial charge is 0.223 e. The predicted octanol–water partition coefficient (Wildman–Crippen LogP) is 0.332. The molecule has 0 aliphatic carbocycles. The minimum Gasteiger partial charge on any atom is -0.383 e. The molecule has 1 saturated heterocycles. The summed E-state index contributed by atoms with van der Waals surface area (Å²) in [6.07, 6.45) is 4.79. The van der Waals surface area contributed by atoms with Gasteiger partial charge >= 0.3 is 0 Å². The minimum atomic E-state index is 0.0622. The van der Waals surface area contributed by atoms with Gasteiger partial charge in [-0.05, 0) is 12.8 Å². The Kier molecular flexibility index (Phi) is 4.47. The van der Waals surface area contributed by atoms with Crippen LogP contribution in [0.2, 0.25) is 0 Å². The fraction of sp³-hybridized carbons (Fsp3) is 0.571. The van der Waals surface area contributed by atoms with E-state index in [9.17, 15) is 4.79 Å². The van der Waals surface area contributed by atoms with Crippen LogP contribution in [0, 0.1) is 5.92 Å². The molecule has 1 aliphatic heterocycles. The molecule has 3 rings (SSSR count). The van der Waals surface area contributed by atoms with E-state index in [1.807, 2.05) is 0 Å². The maximum absolute atomic E-state index is 12.1. The molecule has 22 heavy (non-hydrogen) atoms. The molecule has 0 aromatic carbocycles. The summed E-state index contributed by atoms with van der Waals surface area (Å²) in [6, 6.07) is 0. The Labute approximate surface area is 128 Å². The first-order valence-electron chi connectivity index (χ1n) is 7.45. The summed E-state index contributed by atoms with van der Waals surface area (Å²) < 4.78 is 4.94. The lowest BCUT2D eigenvalue weighted by atomic mass is 9.96. The molecule has 2 aromatic heterocycles. The molecule has 0 bridgehead atoms. The topological polar surface area (TPSA) is 96.0 Å². The molecular weight excluding hydrogens is 284 g/mol. The normalized spacial score (nSPS) is 16.1. The van der Waals surface area contributed by atoms with Gasteiger partial charge in [-0.1, -0.05) is 0 Å². The van der Waals surface area contributed by atoms with Crippen molar-refractivity contribution >= 4 is 22.9 Å². The van der Waals surface area contributed by atoms with Crippen LogP contribution in [0.3, 0.4) is 0 Å². The van der Waals surface area contributed by atoms with Gasteiger partial charge in [-0.15, -0.1) is 0 Å². The third-order valence-electron chi connectivity index (χ3n) is 3.97. The first-order valence-corrected chi connectivity index (χ1v) is 7.45. The maximum Gasteiger partial charge on any atom is 0.223 e. The van der Waals surface area contributed by atoms with Crippen molar-refractivity contribution in [3.05, 3.63) is 12.7 Å². The van der Waals surface area contributed by atoms with Crippen molar-refractivity contribution in [3.63, 3.8) is 0 Å². The summed E-state index contributed by atoms with van der Waals surface area (Å²) in [7, 11) is 1.63. The van der Waals surface area contributed by atoms with Crippen LogP contribution in [-0.2, 0) is 9.53 Å². The molecule has 1 amide bonds. The molecule has 0 saturated carbocycles. The van der Waals surface area contributed by atoms with E-state index in [0.29, 0.717) is 18.8 Å². The Morgan fingerprint density at radius 2 is 2.23 bits per heavy atom. The second-order valence-corrected chi connectivity index (χ2v) is 5.34. The van der Waals surface area contributed by atoms with Gasteiger partial charge in [-0.3, -0.25) is 4.79 Å². The lowest BCUT2D eigenvalue weighted by molar-refractivity contribution is -0.125. The maximum atomic E-state index is 12.1. The van der Waals surface area contributed by atoms with Gasteiger partial charge in [0.2, 0.25) is 5.91 Å². The first-order chi connectivity index (χ1) is 10.8. The number of amides is 1. The number of H-pyrrole nitrogens is 1. The van der Waals surface area contributed by atoms with Crippen LogP contribution in [0.4, 0.5) is 5.82 Å². The number of rotatable bonds is 5. The fourth-order valence-corrected chi connectivity index (χ4v) is 2.77. The highest BCUT2D eigenvalue weighted by molar-refractivity contribution is 5.83. The van der Waals surface area contributed by atoms with Crippen LogP contribution < -0.4 is 10.2 Å². The predicted molar refractivity (Wildman–Crippen MR) is 81.5 cm³/mol. The van der Waals surface area contributed by atoms with E-state index in [2.05, 4.69) is 30.2 Å². The van der Waals surface area contributed by atoms with Crippen LogP contribution in [0.25, 0.3) is 11.2 Å². The number of ether oxygens (including phenoxy) is 1. The molecule has 8 nitrogen and oxygen atoms in total. The number of hydrogen-bond donors (Lipinski definition) is 2. The molecule has 0 radical (unpaired) electrons. The van der Waals surface area contributed by atoms with Crippen LogP contribution in [0.5, 0.6) is 0 Å². The van der Waals surface area contributed by atoms with Gasteiger partial charge in [-0.25, -0.2) is 15.0 Å². The molecule has 118 valence electrons. The summed E-state index contributed by atoms with van der Waals surface area (Å²) in [5.74, 6) is 1.04. The number of carbonyl (C=O) groups is 1. The highest BCUT2D eigenvalue weighted by Crippen LogP contribution is 2.25. The number of hydrogen-bond acceptors (Lipinski definition) is 6. The van der Waals surface area contributed by atoms with Crippen LogP contribution in [-0.4, -0.2) is 59.2 Å². The van der Waals surface area contributed by atoms with Crippen LogP contribution in [0.1, 0.15) is 12.8 Å². The second kappa shape index (κ2) is 6.69. The molecule has 2 aromatic rings. The lowest BCUT2D eigenvalue weighted by Gasteiger charge is -2.32. The van der Waals surface area contributed by atoms with Crippen molar-refractivity contribution in [1.82, 2.24) is 25.3 Å². The quantitative estimate of drug-likeness (QED) is 0.773. The number of aromatic nitrogens is 4. The number of carbonyl (C=O) groups excluding carboxylic acids is 1. The van der Waals surface area contributed by atoms with Crippen molar-refractivity contribution in [3.8, 4) is 0 Å². The highest BCUT2D eigenvalue weighted by atomic mass is 16.5.